The van der Waals surface area contributed by atoms with E-state index in [-0.39, 0.29) is 0 Å². The van der Waals surface area contributed by atoms with Crippen LogP contribution >= 0.6 is 23.2 Å². The van der Waals surface area contributed by atoms with Crippen LogP contribution < -0.4 is 10.6 Å². The van der Waals surface area contributed by atoms with Crippen LogP contribution in [0.25, 0.3) is 0 Å². The molecule has 0 amide bonds. The number of piperidine rings is 1. The van der Waals surface area contributed by atoms with E-state index in [0.29, 0.717) is 21.8 Å². The summed E-state index contributed by atoms with van der Waals surface area (Å²) in [7, 11) is 0. The lowest BCUT2D eigenvalue weighted by Crippen LogP contribution is -2.39. The maximum Gasteiger partial charge on any atom is 0.0749 e. The molecule has 1 aliphatic heterocycles. The quantitative estimate of drug-likeness (QED) is 0.812. The minimum Gasteiger partial charge on any atom is -0.399 e. The Morgan fingerprint density at radius 1 is 1.29 bits per heavy atom. The third-order valence-electron chi connectivity index (χ3n) is 3.42. The van der Waals surface area contributed by atoms with E-state index in [4.69, 9.17) is 28.9 Å². The van der Waals surface area contributed by atoms with Crippen molar-refractivity contribution >= 4 is 34.6 Å². The zero-order valence-electron chi connectivity index (χ0n) is 10.0. The van der Waals surface area contributed by atoms with Gasteiger partial charge in [-0.2, -0.15) is 0 Å². The van der Waals surface area contributed by atoms with E-state index in [0.717, 1.165) is 18.7 Å². The molecule has 0 spiro atoms. The monoisotopic (exact) mass is 272 g/mol. The zero-order valence-corrected chi connectivity index (χ0v) is 11.6. The normalized spacial score (nSPS) is 20.6. The summed E-state index contributed by atoms with van der Waals surface area (Å²) in [6, 6.07) is 4.11. The standard InChI is InChI=1S/C13H18Cl2N2/c1-2-10-5-3-4-6-17(10)13-11(14)7-9(16)8-12(13)15/h7-8,10H,2-6,16H2,1H3. The van der Waals surface area contributed by atoms with Crippen molar-refractivity contribution in [1.82, 2.24) is 0 Å². The van der Waals surface area contributed by atoms with E-state index in [2.05, 4.69) is 11.8 Å². The number of benzene rings is 1. The van der Waals surface area contributed by atoms with Crippen LogP contribution in [0.5, 0.6) is 0 Å². The molecule has 17 heavy (non-hydrogen) atoms. The summed E-state index contributed by atoms with van der Waals surface area (Å²) < 4.78 is 0. The fourth-order valence-electron chi connectivity index (χ4n) is 2.58. The smallest absolute Gasteiger partial charge is 0.0749 e. The molecule has 0 saturated carbocycles. The first-order valence-electron chi connectivity index (χ1n) is 6.14. The third-order valence-corrected chi connectivity index (χ3v) is 4.00. The first-order valence-corrected chi connectivity index (χ1v) is 6.90. The minimum atomic E-state index is 0.544. The lowest BCUT2D eigenvalue weighted by atomic mass is 9.99. The summed E-state index contributed by atoms with van der Waals surface area (Å²) in [5.74, 6) is 0. The molecule has 4 heteroatoms. The first-order chi connectivity index (χ1) is 8.13. The van der Waals surface area contributed by atoms with Gasteiger partial charge in [-0.3, -0.25) is 0 Å². The number of hydrogen-bond acceptors (Lipinski definition) is 2. The first kappa shape index (κ1) is 12.8. The molecule has 0 aliphatic carbocycles. The highest BCUT2D eigenvalue weighted by Gasteiger charge is 2.24. The highest BCUT2D eigenvalue weighted by atomic mass is 35.5. The zero-order chi connectivity index (χ0) is 12.4. The van der Waals surface area contributed by atoms with Gasteiger partial charge in [0.05, 0.1) is 15.7 Å². The van der Waals surface area contributed by atoms with Crippen molar-refractivity contribution in [3.05, 3.63) is 22.2 Å². The highest BCUT2D eigenvalue weighted by Crippen LogP contribution is 2.39. The van der Waals surface area contributed by atoms with Crippen LogP contribution in [-0.4, -0.2) is 12.6 Å². The van der Waals surface area contributed by atoms with Gasteiger partial charge in [0.15, 0.2) is 0 Å². The van der Waals surface area contributed by atoms with Crippen LogP contribution in [0.4, 0.5) is 11.4 Å². The topological polar surface area (TPSA) is 29.3 Å². The Labute approximate surface area is 113 Å². The summed E-state index contributed by atoms with van der Waals surface area (Å²) >= 11 is 12.6. The Bertz CT molecular complexity index is 383. The van der Waals surface area contributed by atoms with E-state index >= 15 is 0 Å². The van der Waals surface area contributed by atoms with Gasteiger partial charge < -0.3 is 10.6 Å². The lowest BCUT2D eigenvalue weighted by Gasteiger charge is -2.38. The SMILES string of the molecule is CCC1CCCCN1c1c(Cl)cc(N)cc1Cl. The van der Waals surface area contributed by atoms with Crippen LogP contribution in [0.3, 0.4) is 0 Å². The number of nitrogens with two attached hydrogens (primary N) is 1. The molecule has 1 aromatic rings. The van der Waals surface area contributed by atoms with Crippen molar-refractivity contribution in [2.24, 2.45) is 0 Å². The van der Waals surface area contributed by atoms with Crippen molar-refractivity contribution < 1.29 is 0 Å². The molecule has 94 valence electrons. The van der Waals surface area contributed by atoms with E-state index in [9.17, 15) is 0 Å². The highest BCUT2D eigenvalue weighted by molar-refractivity contribution is 6.39. The van der Waals surface area contributed by atoms with E-state index in [1.54, 1.807) is 12.1 Å². The van der Waals surface area contributed by atoms with Gasteiger partial charge in [0.2, 0.25) is 0 Å². The van der Waals surface area contributed by atoms with Gasteiger partial charge in [-0.1, -0.05) is 30.1 Å². The van der Waals surface area contributed by atoms with Crippen molar-refractivity contribution in [3.8, 4) is 0 Å². The second kappa shape index (κ2) is 5.36. The average molecular weight is 273 g/mol. The Hall–Kier alpha value is -0.600. The van der Waals surface area contributed by atoms with Gasteiger partial charge in [-0.15, -0.1) is 0 Å². The predicted octanol–water partition coefficient (Wildman–Crippen LogP) is 4.34. The fraction of sp³-hybridized carbons (Fsp3) is 0.538. The van der Waals surface area contributed by atoms with Gasteiger partial charge in [0, 0.05) is 18.3 Å². The second-order valence-corrected chi connectivity index (χ2v) is 5.40. The van der Waals surface area contributed by atoms with Gasteiger partial charge in [0.1, 0.15) is 0 Å². The average Bonchev–Trinajstić information content (AvgIpc) is 2.28. The molecule has 1 atom stereocenters. The van der Waals surface area contributed by atoms with Crippen molar-refractivity contribution in [1.29, 1.82) is 0 Å². The molecule has 1 unspecified atom stereocenters. The van der Waals surface area contributed by atoms with Crippen molar-refractivity contribution in [3.63, 3.8) is 0 Å². The summed E-state index contributed by atoms with van der Waals surface area (Å²) in [5.41, 5.74) is 7.31. The largest absolute Gasteiger partial charge is 0.399 e. The summed E-state index contributed by atoms with van der Waals surface area (Å²) in [6.07, 6.45) is 4.83. The van der Waals surface area contributed by atoms with Crippen LogP contribution in [0, 0.1) is 0 Å². The van der Waals surface area contributed by atoms with Crippen LogP contribution in [0.1, 0.15) is 32.6 Å². The van der Waals surface area contributed by atoms with Crippen LogP contribution in [-0.2, 0) is 0 Å². The van der Waals surface area contributed by atoms with Gasteiger partial charge in [-0.25, -0.2) is 0 Å². The molecular formula is C13H18Cl2N2. The number of rotatable bonds is 2. The molecule has 1 aromatic carbocycles. The Balaban J connectivity index is 2.38. The number of halogens is 2. The molecule has 2 N–H and O–H groups in total. The van der Waals surface area contributed by atoms with Crippen molar-refractivity contribution in [2.75, 3.05) is 17.2 Å². The number of hydrogen-bond donors (Lipinski definition) is 1. The Morgan fingerprint density at radius 3 is 2.53 bits per heavy atom. The lowest BCUT2D eigenvalue weighted by molar-refractivity contribution is 0.450. The van der Waals surface area contributed by atoms with Gasteiger partial charge in [0.25, 0.3) is 0 Å². The maximum atomic E-state index is 6.28. The van der Waals surface area contributed by atoms with Crippen LogP contribution in [0.15, 0.2) is 12.1 Å². The van der Waals surface area contributed by atoms with E-state index in [1.165, 1.54) is 19.3 Å². The molecule has 1 fully saturated rings. The molecule has 0 bridgehead atoms. The number of anilines is 2. The molecule has 1 heterocycles. The van der Waals surface area contributed by atoms with Crippen molar-refractivity contribution in [2.45, 2.75) is 38.6 Å². The molecular weight excluding hydrogens is 255 g/mol. The maximum absolute atomic E-state index is 6.28. The summed E-state index contributed by atoms with van der Waals surface area (Å²) in [4.78, 5) is 2.34. The van der Waals surface area contributed by atoms with Crippen LogP contribution in [0.2, 0.25) is 10.0 Å². The molecule has 1 aliphatic rings. The van der Waals surface area contributed by atoms with E-state index in [1.807, 2.05) is 0 Å². The third kappa shape index (κ3) is 2.63. The number of nitrogen functional groups attached to an aromatic ring is 1. The minimum absolute atomic E-state index is 0.544. The van der Waals surface area contributed by atoms with Gasteiger partial charge in [-0.05, 0) is 37.8 Å². The fourth-order valence-corrected chi connectivity index (χ4v) is 3.30. The summed E-state index contributed by atoms with van der Waals surface area (Å²) in [6.45, 7) is 3.24. The molecule has 2 rings (SSSR count). The predicted molar refractivity (Wildman–Crippen MR) is 76.2 cm³/mol. The molecule has 0 aromatic heterocycles. The summed E-state index contributed by atoms with van der Waals surface area (Å²) in [5, 5.41) is 1.32. The number of nitrogens with zero attached hydrogens (tertiary/aromatic N) is 1. The molecule has 2 nitrogen and oxygen atoms in total. The Kier molecular flexibility index (Phi) is 4.05. The van der Waals surface area contributed by atoms with E-state index < -0.39 is 0 Å². The van der Waals surface area contributed by atoms with Gasteiger partial charge >= 0.3 is 0 Å². The Morgan fingerprint density at radius 2 is 1.94 bits per heavy atom. The second-order valence-electron chi connectivity index (χ2n) is 4.58. The molecule has 0 radical (unpaired) electrons. The molecule has 1 saturated heterocycles.